The summed E-state index contributed by atoms with van der Waals surface area (Å²) in [5, 5.41) is 2.70. The molecule has 0 atom stereocenters. The van der Waals surface area contributed by atoms with Crippen molar-refractivity contribution in [3.05, 3.63) is 35.1 Å². The number of hydrogen-bond donors (Lipinski definition) is 1. The standard InChI is InChI=1S/C14H16FNO3/c1-9-7-10(3-4-11(9)15)8-16-12(17)14(5-6-14)13(18)19-2/h3-4,7H,5-6,8H2,1-2H3,(H,16,17). The van der Waals surface area contributed by atoms with Crippen molar-refractivity contribution in [2.75, 3.05) is 7.11 Å². The van der Waals surface area contributed by atoms with Crippen LogP contribution in [0.1, 0.15) is 24.0 Å². The molecule has 1 amide bonds. The Labute approximate surface area is 110 Å². The summed E-state index contributed by atoms with van der Waals surface area (Å²) >= 11 is 0. The molecule has 5 heteroatoms. The minimum Gasteiger partial charge on any atom is -0.468 e. The lowest BCUT2D eigenvalue weighted by Gasteiger charge is -2.13. The van der Waals surface area contributed by atoms with Crippen LogP contribution in [0.4, 0.5) is 4.39 Å². The van der Waals surface area contributed by atoms with Gasteiger partial charge in [0.25, 0.3) is 0 Å². The van der Waals surface area contributed by atoms with Crippen molar-refractivity contribution in [3.8, 4) is 0 Å². The van der Waals surface area contributed by atoms with Gasteiger partial charge in [-0.05, 0) is 37.0 Å². The van der Waals surface area contributed by atoms with E-state index in [-0.39, 0.29) is 18.3 Å². The van der Waals surface area contributed by atoms with Crippen molar-refractivity contribution in [3.63, 3.8) is 0 Å². The van der Waals surface area contributed by atoms with Crippen molar-refractivity contribution < 1.29 is 18.7 Å². The van der Waals surface area contributed by atoms with Crippen molar-refractivity contribution >= 4 is 11.9 Å². The number of ether oxygens (including phenoxy) is 1. The molecule has 0 bridgehead atoms. The Morgan fingerprint density at radius 3 is 2.63 bits per heavy atom. The van der Waals surface area contributed by atoms with E-state index >= 15 is 0 Å². The van der Waals surface area contributed by atoms with Gasteiger partial charge in [0.2, 0.25) is 5.91 Å². The fraction of sp³-hybridized carbons (Fsp3) is 0.429. The van der Waals surface area contributed by atoms with E-state index in [0.29, 0.717) is 18.4 Å². The fourth-order valence-electron chi connectivity index (χ4n) is 2.01. The zero-order valence-electron chi connectivity index (χ0n) is 11.0. The zero-order valence-corrected chi connectivity index (χ0v) is 11.0. The molecule has 0 heterocycles. The Balaban J connectivity index is 1.97. The lowest BCUT2D eigenvalue weighted by Crippen LogP contribution is -2.37. The number of nitrogens with one attached hydrogen (secondary N) is 1. The summed E-state index contributed by atoms with van der Waals surface area (Å²) in [6.45, 7) is 1.94. The summed E-state index contributed by atoms with van der Waals surface area (Å²) < 4.78 is 17.7. The Morgan fingerprint density at radius 1 is 1.42 bits per heavy atom. The van der Waals surface area contributed by atoms with E-state index < -0.39 is 11.4 Å². The van der Waals surface area contributed by atoms with E-state index in [4.69, 9.17) is 0 Å². The van der Waals surface area contributed by atoms with Crippen molar-refractivity contribution in [1.82, 2.24) is 5.32 Å². The van der Waals surface area contributed by atoms with Gasteiger partial charge < -0.3 is 10.1 Å². The van der Waals surface area contributed by atoms with Crippen LogP contribution in [0.2, 0.25) is 0 Å². The van der Waals surface area contributed by atoms with E-state index in [2.05, 4.69) is 10.1 Å². The van der Waals surface area contributed by atoms with Crippen LogP contribution in [0.25, 0.3) is 0 Å². The van der Waals surface area contributed by atoms with Crippen LogP contribution in [-0.4, -0.2) is 19.0 Å². The molecule has 0 radical (unpaired) electrons. The number of amides is 1. The zero-order chi connectivity index (χ0) is 14.0. The van der Waals surface area contributed by atoms with Crippen LogP contribution in [0, 0.1) is 18.2 Å². The summed E-state index contributed by atoms with van der Waals surface area (Å²) in [5.41, 5.74) is 0.331. The van der Waals surface area contributed by atoms with Gasteiger partial charge in [0.05, 0.1) is 7.11 Å². The van der Waals surface area contributed by atoms with Crippen LogP contribution >= 0.6 is 0 Å². The largest absolute Gasteiger partial charge is 0.468 e. The highest BCUT2D eigenvalue weighted by Crippen LogP contribution is 2.46. The first-order valence-electron chi connectivity index (χ1n) is 6.11. The summed E-state index contributed by atoms with van der Waals surface area (Å²) in [6, 6.07) is 4.65. The summed E-state index contributed by atoms with van der Waals surface area (Å²) in [7, 11) is 1.28. The molecule has 1 N–H and O–H groups in total. The molecule has 1 aromatic carbocycles. The number of hydrogen-bond acceptors (Lipinski definition) is 3. The Morgan fingerprint density at radius 2 is 2.11 bits per heavy atom. The molecule has 0 spiro atoms. The maximum Gasteiger partial charge on any atom is 0.321 e. The molecule has 1 aliphatic carbocycles. The fourth-order valence-corrected chi connectivity index (χ4v) is 2.01. The SMILES string of the molecule is COC(=O)C1(C(=O)NCc2ccc(F)c(C)c2)CC1. The topological polar surface area (TPSA) is 55.4 Å². The molecule has 0 aliphatic heterocycles. The molecule has 4 nitrogen and oxygen atoms in total. The predicted octanol–water partition coefficient (Wildman–Crippen LogP) is 1.70. The van der Waals surface area contributed by atoms with E-state index in [9.17, 15) is 14.0 Å². The first-order valence-corrected chi connectivity index (χ1v) is 6.11. The van der Waals surface area contributed by atoms with E-state index in [1.807, 2.05) is 0 Å². The number of benzene rings is 1. The Hall–Kier alpha value is -1.91. The third kappa shape index (κ3) is 2.59. The number of methoxy groups -OCH3 is 1. The number of esters is 1. The van der Waals surface area contributed by atoms with Crippen LogP contribution in [-0.2, 0) is 20.9 Å². The van der Waals surface area contributed by atoms with E-state index in [1.165, 1.54) is 13.2 Å². The van der Waals surface area contributed by atoms with E-state index in [0.717, 1.165) is 5.56 Å². The van der Waals surface area contributed by atoms with Gasteiger partial charge in [0.15, 0.2) is 0 Å². The second-order valence-corrected chi connectivity index (χ2v) is 4.84. The van der Waals surface area contributed by atoms with Crippen LogP contribution < -0.4 is 5.32 Å². The third-order valence-corrected chi connectivity index (χ3v) is 3.44. The Bertz CT molecular complexity index is 523. The van der Waals surface area contributed by atoms with Gasteiger partial charge in [-0.15, -0.1) is 0 Å². The van der Waals surface area contributed by atoms with Crippen molar-refractivity contribution in [1.29, 1.82) is 0 Å². The van der Waals surface area contributed by atoms with Gasteiger partial charge in [0, 0.05) is 6.54 Å². The molecule has 1 aliphatic rings. The normalized spacial score (nSPS) is 15.7. The summed E-state index contributed by atoms with van der Waals surface area (Å²) in [4.78, 5) is 23.5. The van der Waals surface area contributed by atoms with Gasteiger partial charge in [-0.25, -0.2) is 4.39 Å². The molecule has 1 aromatic rings. The average Bonchev–Trinajstić information content (AvgIpc) is 3.20. The maximum atomic E-state index is 13.1. The second-order valence-electron chi connectivity index (χ2n) is 4.84. The molecule has 19 heavy (non-hydrogen) atoms. The van der Waals surface area contributed by atoms with Gasteiger partial charge >= 0.3 is 5.97 Å². The lowest BCUT2D eigenvalue weighted by atomic mass is 10.1. The predicted molar refractivity (Wildman–Crippen MR) is 66.7 cm³/mol. The molecule has 1 fully saturated rings. The first-order chi connectivity index (χ1) is 8.99. The van der Waals surface area contributed by atoms with E-state index in [1.54, 1.807) is 19.1 Å². The highest BCUT2D eigenvalue weighted by molar-refractivity contribution is 6.05. The number of rotatable bonds is 4. The second kappa shape index (κ2) is 4.99. The van der Waals surface area contributed by atoms with Gasteiger partial charge in [-0.2, -0.15) is 0 Å². The highest BCUT2D eigenvalue weighted by Gasteiger charge is 2.57. The monoisotopic (exact) mass is 265 g/mol. The molecular formula is C14H16FNO3. The molecule has 0 aromatic heterocycles. The number of halogens is 1. The average molecular weight is 265 g/mol. The third-order valence-electron chi connectivity index (χ3n) is 3.44. The molecule has 1 saturated carbocycles. The minimum absolute atomic E-state index is 0.275. The summed E-state index contributed by atoms with van der Waals surface area (Å²) in [6.07, 6.45) is 1.04. The number of aryl methyl sites for hydroxylation is 1. The molecule has 2 rings (SSSR count). The smallest absolute Gasteiger partial charge is 0.321 e. The lowest BCUT2D eigenvalue weighted by molar-refractivity contribution is -0.152. The Kier molecular flexibility index (Phi) is 3.55. The van der Waals surface area contributed by atoms with Crippen molar-refractivity contribution in [2.24, 2.45) is 5.41 Å². The van der Waals surface area contributed by atoms with Crippen molar-refractivity contribution in [2.45, 2.75) is 26.3 Å². The minimum atomic E-state index is -0.996. The molecular weight excluding hydrogens is 249 g/mol. The van der Waals surface area contributed by atoms with Crippen LogP contribution in [0.3, 0.4) is 0 Å². The number of carbonyl (C=O) groups is 2. The molecule has 0 unspecified atom stereocenters. The quantitative estimate of drug-likeness (QED) is 0.666. The molecule has 102 valence electrons. The van der Waals surface area contributed by atoms with Crippen LogP contribution in [0.15, 0.2) is 18.2 Å². The first kappa shape index (κ1) is 13.5. The van der Waals surface area contributed by atoms with Gasteiger partial charge in [-0.3, -0.25) is 9.59 Å². The highest BCUT2D eigenvalue weighted by atomic mass is 19.1. The van der Waals surface area contributed by atoms with Gasteiger partial charge in [-0.1, -0.05) is 12.1 Å². The van der Waals surface area contributed by atoms with Crippen LogP contribution in [0.5, 0.6) is 0 Å². The number of carbonyl (C=O) groups excluding carboxylic acids is 2. The van der Waals surface area contributed by atoms with Gasteiger partial charge in [0.1, 0.15) is 11.2 Å². The maximum absolute atomic E-state index is 13.1. The summed E-state index contributed by atoms with van der Waals surface area (Å²) in [5.74, 6) is -1.08. The molecule has 0 saturated heterocycles.